The Kier molecular flexibility index (Phi) is 8.44. The van der Waals surface area contributed by atoms with E-state index in [1.807, 2.05) is 51.1 Å². The molecule has 0 aliphatic heterocycles. The predicted molar refractivity (Wildman–Crippen MR) is 106 cm³/mol. The van der Waals surface area contributed by atoms with Gasteiger partial charge in [-0.2, -0.15) is 0 Å². The lowest BCUT2D eigenvalue weighted by Gasteiger charge is -2.28. The van der Waals surface area contributed by atoms with Crippen molar-refractivity contribution >= 4 is 17.0 Å². The van der Waals surface area contributed by atoms with E-state index in [4.69, 9.17) is 4.74 Å². The number of aliphatic hydroxyl groups is 1. The average Bonchev–Trinajstić information content (AvgIpc) is 2.54. The summed E-state index contributed by atoms with van der Waals surface area (Å²) in [5.41, 5.74) is 0.348. The fourth-order valence-corrected chi connectivity index (χ4v) is 3.04. The molecule has 0 fully saturated rings. The van der Waals surface area contributed by atoms with Crippen LogP contribution in [0.2, 0.25) is 0 Å². The summed E-state index contributed by atoms with van der Waals surface area (Å²) in [5.74, 6) is -0.251. The summed E-state index contributed by atoms with van der Waals surface area (Å²) >= 11 is 0. The molecule has 0 bridgehead atoms. The summed E-state index contributed by atoms with van der Waals surface area (Å²) in [6.45, 7) is 11.3. The maximum atomic E-state index is 12.5. The second kappa shape index (κ2) is 9.62. The van der Waals surface area contributed by atoms with E-state index in [2.05, 4.69) is 4.72 Å². The van der Waals surface area contributed by atoms with Crippen LogP contribution < -0.4 is 4.72 Å². The van der Waals surface area contributed by atoms with Crippen LogP contribution in [0.5, 0.6) is 0 Å². The number of carbonyl (C=O) groups is 1. The van der Waals surface area contributed by atoms with Gasteiger partial charge in [0, 0.05) is 0 Å². The molecule has 3 atom stereocenters. The molecule has 1 aromatic rings. The number of benzene rings is 1. The highest BCUT2D eigenvalue weighted by molar-refractivity contribution is 7.84. The zero-order valence-electron chi connectivity index (χ0n) is 16.7. The van der Waals surface area contributed by atoms with Crippen LogP contribution in [0.1, 0.15) is 66.0 Å². The minimum Gasteiger partial charge on any atom is -0.465 e. The van der Waals surface area contributed by atoms with Gasteiger partial charge in [0.05, 0.1) is 39.9 Å². The lowest BCUT2D eigenvalue weighted by molar-refractivity contribution is -0.153. The van der Waals surface area contributed by atoms with Gasteiger partial charge in [-0.25, -0.2) is 8.93 Å². The van der Waals surface area contributed by atoms with Crippen LogP contribution in [0, 0.1) is 5.41 Å². The van der Waals surface area contributed by atoms with Gasteiger partial charge in [-0.3, -0.25) is 4.79 Å². The predicted octanol–water partition coefficient (Wildman–Crippen LogP) is 3.51. The SMILES string of the molecule is CC(C)(C)C(=O)OCCC[C@@H](O)[C@@H](N[S@](=O)C(C)(C)C)c1ccccc1. The Morgan fingerprint density at radius 3 is 2.23 bits per heavy atom. The first-order valence-corrected chi connectivity index (χ1v) is 10.2. The van der Waals surface area contributed by atoms with Crippen LogP contribution in [0.4, 0.5) is 0 Å². The second-order valence-corrected chi connectivity index (χ2v) is 10.5. The normalized spacial score (nSPS) is 16.0. The molecule has 0 aliphatic rings. The van der Waals surface area contributed by atoms with E-state index in [0.29, 0.717) is 12.8 Å². The lowest BCUT2D eigenvalue weighted by atomic mass is 9.97. The summed E-state index contributed by atoms with van der Waals surface area (Å²) in [4.78, 5) is 11.8. The molecule has 0 spiro atoms. The van der Waals surface area contributed by atoms with Crippen LogP contribution in [0.25, 0.3) is 0 Å². The molecule has 1 aromatic carbocycles. The molecule has 0 saturated heterocycles. The van der Waals surface area contributed by atoms with E-state index in [-0.39, 0.29) is 12.6 Å². The molecule has 6 heteroatoms. The molecule has 0 saturated carbocycles. The van der Waals surface area contributed by atoms with Crippen molar-refractivity contribution in [1.82, 2.24) is 4.72 Å². The molecule has 5 nitrogen and oxygen atoms in total. The third-order valence-corrected chi connectivity index (χ3v) is 5.40. The van der Waals surface area contributed by atoms with E-state index in [1.54, 1.807) is 20.8 Å². The molecule has 0 aromatic heterocycles. The van der Waals surface area contributed by atoms with Crippen LogP contribution in [0.15, 0.2) is 30.3 Å². The summed E-state index contributed by atoms with van der Waals surface area (Å²) in [5, 5.41) is 10.7. The first-order valence-electron chi connectivity index (χ1n) is 9.01. The van der Waals surface area contributed by atoms with Gasteiger partial charge in [-0.15, -0.1) is 0 Å². The Morgan fingerprint density at radius 2 is 1.73 bits per heavy atom. The lowest BCUT2D eigenvalue weighted by Crippen LogP contribution is -2.40. The average molecular weight is 384 g/mol. The molecule has 0 unspecified atom stereocenters. The van der Waals surface area contributed by atoms with Gasteiger partial charge < -0.3 is 9.84 Å². The number of nitrogens with one attached hydrogen (secondary N) is 1. The van der Waals surface area contributed by atoms with Crippen molar-refractivity contribution in [2.75, 3.05) is 6.61 Å². The first-order chi connectivity index (χ1) is 11.9. The van der Waals surface area contributed by atoms with Gasteiger partial charge in [-0.1, -0.05) is 30.3 Å². The highest BCUT2D eigenvalue weighted by atomic mass is 32.2. The minimum absolute atomic E-state index is 0.251. The van der Waals surface area contributed by atoms with Gasteiger partial charge in [0.15, 0.2) is 0 Å². The minimum atomic E-state index is -1.31. The van der Waals surface area contributed by atoms with Gasteiger partial charge >= 0.3 is 5.97 Å². The Hall–Kier alpha value is -1.24. The maximum Gasteiger partial charge on any atom is 0.311 e. The summed E-state index contributed by atoms with van der Waals surface area (Å²) in [6, 6.07) is 9.04. The molecule has 1 rings (SSSR count). The fourth-order valence-electron chi connectivity index (χ4n) is 2.16. The van der Waals surface area contributed by atoms with Gasteiger partial charge in [-0.05, 0) is 59.9 Å². The molecular weight excluding hydrogens is 350 g/mol. The Bertz CT molecular complexity index is 590. The monoisotopic (exact) mass is 383 g/mol. The van der Waals surface area contributed by atoms with Gasteiger partial charge in [0.2, 0.25) is 0 Å². The highest BCUT2D eigenvalue weighted by Gasteiger charge is 2.28. The van der Waals surface area contributed by atoms with E-state index in [9.17, 15) is 14.1 Å². The maximum absolute atomic E-state index is 12.5. The van der Waals surface area contributed by atoms with E-state index < -0.39 is 33.3 Å². The van der Waals surface area contributed by atoms with E-state index in [0.717, 1.165) is 5.56 Å². The third kappa shape index (κ3) is 7.56. The molecule has 2 N–H and O–H groups in total. The first kappa shape index (κ1) is 22.8. The second-order valence-electron chi connectivity index (χ2n) is 8.48. The van der Waals surface area contributed by atoms with Crippen molar-refractivity contribution in [3.63, 3.8) is 0 Å². The van der Waals surface area contributed by atoms with Crippen LogP contribution in [-0.2, 0) is 20.5 Å². The fraction of sp³-hybridized carbons (Fsp3) is 0.650. The van der Waals surface area contributed by atoms with Crippen LogP contribution in [0.3, 0.4) is 0 Å². The number of rotatable bonds is 8. The van der Waals surface area contributed by atoms with Crippen molar-refractivity contribution in [2.45, 2.75) is 71.3 Å². The number of esters is 1. The molecule has 26 heavy (non-hydrogen) atoms. The molecule has 0 radical (unpaired) electrons. The summed E-state index contributed by atoms with van der Waals surface area (Å²) in [6.07, 6.45) is 0.235. The van der Waals surface area contributed by atoms with E-state index >= 15 is 0 Å². The Labute approximate surface area is 160 Å². The zero-order valence-corrected chi connectivity index (χ0v) is 17.6. The van der Waals surface area contributed by atoms with Crippen molar-refractivity contribution < 1.29 is 18.8 Å². The molecule has 148 valence electrons. The number of hydrogen-bond acceptors (Lipinski definition) is 4. The van der Waals surface area contributed by atoms with Crippen LogP contribution >= 0.6 is 0 Å². The van der Waals surface area contributed by atoms with Crippen molar-refractivity contribution in [2.24, 2.45) is 5.41 Å². The summed E-state index contributed by atoms with van der Waals surface area (Å²) in [7, 11) is -1.31. The van der Waals surface area contributed by atoms with E-state index in [1.165, 1.54) is 0 Å². The Morgan fingerprint density at radius 1 is 1.15 bits per heavy atom. The third-order valence-electron chi connectivity index (χ3n) is 3.82. The van der Waals surface area contributed by atoms with Crippen LogP contribution in [-0.4, -0.2) is 32.7 Å². The van der Waals surface area contributed by atoms with Crippen molar-refractivity contribution in [3.05, 3.63) is 35.9 Å². The number of hydrogen-bond donors (Lipinski definition) is 2. The smallest absolute Gasteiger partial charge is 0.311 e. The topological polar surface area (TPSA) is 75.6 Å². The van der Waals surface area contributed by atoms with Gasteiger partial charge in [0.25, 0.3) is 0 Å². The number of ether oxygens (including phenoxy) is 1. The number of aliphatic hydroxyl groups excluding tert-OH is 1. The standard InChI is InChI=1S/C20H33NO4S/c1-19(2,3)18(23)25-14-10-13-16(22)17(15-11-8-7-9-12-15)21-26(24)20(4,5)6/h7-9,11-12,16-17,21-22H,10,13-14H2,1-6H3/t16-,17+,26-/m1/s1. The van der Waals surface area contributed by atoms with Gasteiger partial charge in [0.1, 0.15) is 0 Å². The summed E-state index contributed by atoms with van der Waals surface area (Å²) < 4.78 is 20.4. The quantitative estimate of drug-likeness (QED) is 0.532. The molecular formula is C20H33NO4S. The molecule has 0 heterocycles. The van der Waals surface area contributed by atoms with Crippen molar-refractivity contribution in [3.8, 4) is 0 Å². The molecule has 0 amide bonds. The number of carbonyl (C=O) groups excluding carboxylic acids is 1. The zero-order chi connectivity index (χ0) is 20.0. The largest absolute Gasteiger partial charge is 0.465 e. The Balaban J connectivity index is 2.69. The van der Waals surface area contributed by atoms with Crippen molar-refractivity contribution in [1.29, 1.82) is 0 Å². The molecule has 0 aliphatic carbocycles. The highest BCUT2D eigenvalue weighted by Crippen LogP contribution is 2.23.